The van der Waals surface area contributed by atoms with Gasteiger partial charge in [0.25, 0.3) is 0 Å². The van der Waals surface area contributed by atoms with Crippen molar-refractivity contribution in [1.82, 2.24) is 14.8 Å². The van der Waals surface area contributed by atoms with Crippen LogP contribution in [0.15, 0.2) is 54.7 Å². The quantitative estimate of drug-likeness (QED) is 0.453. The number of aromatic nitrogens is 3. The maximum Gasteiger partial charge on any atom is 0.246 e. The molecule has 0 saturated carbocycles. The molecule has 0 radical (unpaired) electrons. The van der Waals surface area contributed by atoms with Crippen molar-refractivity contribution in [3.05, 3.63) is 70.5 Å². The smallest absolute Gasteiger partial charge is 0.246 e. The minimum absolute atomic E-state index is 0.00748. The average Bonchev–Trinajstić information content (AvgIpc) is 3.03. The number of methoxy groups -OCH3 is 1. The van der Waals surface area contributed by atoms with Crippen LogP contribution in [-0.2, 0) is 11.3 Å². The number of carbonyl (C=O) groups is 1. The Morgan fingerprint density at radius 2 is 1.80 bits per heavy atom. The Morgan fingerprint density at radius 3 is 2.47 bits per heavy atom. The summed E-state index contributed by atoms with van der Waals surface area (Å²) in [5.41, 5.74) is 3.97. The van der Waals surface area contributed by atoms with E-state index in [1.54, 1.807) is 36.2 Å². The van der Waals surface area contributed by atoms with Crippen LogP contribution in [-0.4, -0.2) is 27.8 Å². The molecule has 0 bridgehead atoms. The number of hydrogen-bond donors (Lipinski definition) is 1. The summed E-state index contributed by atoms with van der Waals surface area (Å²) < 4.78 is 6.83. The standard InChI is InChI=1S/C22H18Cl2N4O2/c1-13-21-19(14-3-5-18(30-2)6-4-14)7-8-25-22(21)28(27-13)12-20(29)26-17-10-15(23)9-16(24)11-17/h3-11H,12H2,1-2H3,(H,26,29). The summed E-state index contributed by atoms with van der Waals surface area (Å²) in [4.78, 5) is 17.0. The molecule has 1 amide bonds. The number of nitrogens with one attached hydrogen (secondary N) is 1. The van der Waals surface area contributed by atoms with Gasteiger partial charge in [0.1, 0.15) is 12.3 Å². The van der Waals surface area contributed by atoms with Crippen LogP contribution in [0.4, 0.5) is 5.69 Å². The molecule has 0 aliphatic carbocycles. The second-order valence-electron chi connectivity index (χ2n) is 6.73. The van der Waals surface area contributed by atoms with E-state index in [1.165, 1.54) is 0 Å². The molecule has 1 N–H and O–H groups in total. The molecule has 0 spiro atoms. The molecule has 2 aromatic carbocycles. The fraction of sp³-hybridized carbons (Fsp3) is 0.136. The third-order valence-electron chi connectivity index (χ3n) is 4.65. The van der Waals surface area contributed by atoms with Crippen LogP contribution in [0.25, 0.3) is 22.2 Å². The molecule has 152 valence electrons. The van der Waals surface area contributed by atoms with Gasteiger partial charge in [-0.05, 0) is 54.4 Å². The van der Waals surface area contributed by atoms with E-state index < -0.39 is 0 Å². The van der Waals surface area contributed by atoms with E-state index in [1.807, 2.05) is 37.3 Å². The average molecular weight is 441 g/mol. The highest BCUT2D eigenvalue weighted by molar-refractivity contribution is 6.35. The van der Waals surface area contributed by atoms with Gasteiger partial charge >= 0.3 is 0 Å². The summed E-state index contributed by atoms with van der Waals surface area (Å²) >= 11 is 12.0. The number of pyridine rings is 1. The van der Waals surface area contributed by atoms with Crippen molar-refractivity contribution in [1.29, 1.82) is 0 Å². The molecule has 0 aliphatic rings. The summed E-state index contributed by atoms with van der Waals surface area (Å²) in [6.07, 6.45) is 1.72. The van der Waals surface area contributed by atoms with Crippen molar-refractivity contribution in [3.8, 4) is 16.9 Å². The first-order valence-electron chi connectivity index (χ1n) is 9.17. The number of carbonyl (C=O) groups excluding carboxylic acids is 1. The van der Waals surface area contributed by atoms with Gasteiger partial charge in [0.05, 0.1) is 12.8 Å². The van der Waals surface area contributed by atoms with Crippen molar-refractivity contribution < 1.29 is 9.53 Å². The highest BCUT2D eigenvalue weighted by Crippen LogP contribution is 2.31. The predicted molar refractivity (Wildman–Crippen MR) is 119 cm³/mol. The second-order valence-corrected chi connectivity index (χ2v) is 7.61. The number of benzene rings is 2. The summed E-state index contributed by atoms with van der Waals surface area (Å²) in [7, 11) is 1.64. The highest BCUT2D eigenvalue weighted by Gasteiger charge is 2.16. The third kappa shape index (κ3) is 4.10. The summed E-state index contributed by atoms with van der Waals surface area (Å²) in [6.45, 7) is 1.91. The Kier molecular flexibility index (Phi) is 5.61. The fourth-order valence-electron chi connectivity index (χ4n) is 3.37. The zero-order valence-corrected chi connectivity index (χ0v) is 17.8. The number of ether oxygens (including phenoxy) is 1. The lowest BCUT2D eigenvalue weighted by Crippen LogP contribution is -2.19. The van der Waals surface area contributed by atoms with Crippen LogP contribution >= 0.6 is 23.2 Å². The lowest BCUT2D eigenvalue weighted by atomic mass is 10.0. The van der Waals surface area contributed by atoms with Crippen LogP contribution in [0, 0.1) is 6.92 Å². The minimum Gasteiger partial charge on any atom is -0.497 e. The molecule has 0 saturated heterocycles. The predicted octanol–water partition coefficient (Wildman–Crippen LogP) is 5.36. The number of aryl methyl sites for hydroxylation is 1. The van der Waals surface area contributed by atoms with Crippen molar-refractivity contribution in [2.45, 2.75) is 13.5 Å². The minimum atomic E-state index is -0.255. The largest absolute Gasteiger partial charge is 0.497 e. The Bertz CT molecular complexity index is 1220. The van der Waals surface area contributed by atoms with Gasteiger partial charge in [-0.15, -0.1) is 0 Å². The number of hydrogen-bond acceptors (Lipinski definition) is 4. The first-order valence-corrected chi connectivity index (χ1v) is 9.92. The number of nitrogens with zero attached hydrogens (tertiary/aromatic N) is 3. The number of halogens is 2. The van der Waals surface area contributed by atoms with Crippen molar-refractivity contribution in [2.75, 3.05) is 12.4 Å². The van der Waals surface area contributed by atoms with Crippen molar-refractivity contribution >= 4 is 45.8 Å². The van der Waals surface area contributed by atoms with Crippen molar-refractivity contribution in [2.24, 2.45) is 0 Å². The molecular formula is C22H18Cl2N4O2. The SMILES string of the molecule is COc1ccc(-c2ccnc3c2c(C)nn3CC(=O)Nc2cc(Cl)cc(Cl)c2)cc1. The van der Waals surface area contributed by atoms with E-state index >= 15 is 0 Å². The molecule has 2 aromatic heterocycles. The van der Waals surface area contributed by atoms with Gasteiger partial charge < -0.3 is 10.1 Å². The van der Waals surface area contributed by atoms with E-state index in [-0.39, 0.29) is 12.5 Å². The molecule has 2 heterocycles. The maximum atomic E-state index is 12.6. The fourth-order valence-corrected chi connectivity index (χ4v) is 3.89. The van der Waals surface area contributed by atoms with Gasteiger partial charge in [-0.1, -0.05) is 35.3 Å². The Morgan fingerprint density at radius 1 is 1.10 bits per heavy atom. The monoisotopic (exact) mass is 440 g/mol. The normalized spacial score (nSPS) is 10.9. The number of fused-ring (bicyclic) bond motifs is 1. The Labute approximate surface area is 183 Å². The van der Waals surface area contributed by atoms with Crippen LogP contribution in [0.5, 0.6) is 5.75 Å². The molecule has 8 heteroatoms. The number of amides is 1. The van der Waals surface area contributed by atoms with Crippen LogP contribution in [0.1, 0.15) is 5.69 Å². The van der Waals surface area contributed by atoms with Gasteiger partial charge in [-0.2, -0.15) is 5.10 Å². The summed E-state index contributed by atoms with van der Waals surface area (Å²) in [5, 5.41) is 9.14. The lowest BCUT2D eigenvalue weighted by molar-refractivity contribution is -0.116. The molecule has 4 rings (SSSR count). The molecular weight excluding hydrogens is 423 g/mol. The lowest BCUT2D eigenvalue weighted by Gasteiger charge is -2.08. The molecule has 0 atom stereocenters. The van der Waals surface area contributed by atoms with E-state index in [0.29, 0.717) is 21.4 Å². The van der Waals surface area contributed by atoms with E-state index in [2.05, 4.69) is 15.4 Å². The molecule has 4 aromatic rings. The van der Waals surface area contributed by atoms with Crippen LogP contribution in [0.3, 0.4) is 0 Å². The Balaban J connectivity index is 1.64. The first-order chi connectivity index (χ1) is 14.4. The highest BCUT2D eigenvalue weighted by atomic mass is 35.5. The maximum absolute atomic E-state index is 12.6. The van der Waals surface area contributed by atoms with Crippen LogP contribution in [0.2, 0.25) is 10.0 Å². The summed E-state index contributed by atoms with van der Waals surface area (Å²) in [5.74, 6) is 0.531. The van der Waals surface area contributed by atoms with Gasteiger partial charge in [0.15, 0.2) is 5.65 Å². The number of rotatable bonds is 5. The third-order valence-corrected chi connectivity index (χ3v) is 5.09. The van der Waals surface area contributed by atoms with Crippen LogP contribution < -0.4 is 10.1 Å². The number of anilines is 1. The molecule has 0 fully saturated rings. The summed E-state index contributed by atoms with van der Waals surface area (Å²) in [6, 6.07) is 14.6. The van der Waals surface area contributed by atoms with E-state index in [9.17, 15) is 4.79 Å². The van der Waals surface area contributed by atoms with Crippen molar-refractivity contribution in [3.63, 3.8) is 0 Å². The topological polar surface area (TPSA) is 69.0 Å². The zero-order valence-electron chi connectivity index (χ0n) is 16.3. The molecule has 0 aliphatic heterocycles. The van der Waals surface area contributed by atoms with E-state index in [0.717, 1.165) is 28.0 Å². The van der Waals surface area contributed by atoms with Gasteiger partial charge in [-0.25, -0.2) is 9.67 Å². The van der Waals surface area contributed by atoms with E-state index in [4.69, 9.17) is 27.9 Å². The second kappa shape index (κ2) is 8.34. The molecule has 0 unspecified atom stereocenters. The van der Waals surface area contributed by atoms with Gasteiger partial charge in [0, 0.05) is 27.3 Å². The molecule has 30 heavy (non-hydrogen) atoms. The van der Waals surface area contributed by atoms with Gasteiger partial charge in [-0.3, -0.25) is 4.79 Å². The first kappa shape index (κ1) is 20.2. The zero-order chi connectivity index (χ0) is 21.3. The Hall–Kier alpha value is -3.09. The molecule has 6 nitrogen and oxygen atoms in total. The van der Waals surface area contributed by atoms with Gasteiger partial charge in [0.2, 0.25) is 5.91 Å².